The van der Waals surface area contributed by atoms with E-state index in [-0.39, 0.29) is 5.91 Å². The first-order valence-electron chi connectivity index (χ1n) is 6.37. The number of hydrogen-bond acceptors (Lipinski definition) is 3. The van der Waals surface area contributed by atoms with Crippen LogP contribution in [0, 0.1) is 0 Å². The molecular formula is C13H16N4O. The van der Waals surface area contributed by atoms with Gasteiger partial charge in [0.25, 0.3) is 5.91 Å². The van der Waals surface area contributed by atoms with E-state index in [0.29, 0.717) is 11.6 Å². The van der Waals surface area contributed by atoms with E-state index < -0.39 is 0 Å². The molecule has 0 unspecified atom stereocenters. The lowest BCUT2D eigenvalue weighted by atomic mass is 10.0. The lowest BCUT2D eigenvalue weighted by molar-refractivity contribution is 0.0636. The molecule has 0 spiro atoms. The van der Waals surface area contributed by atoms with Crippen LogP contribution in [-0.4, -0.2) is 38.8 Å². The zero-order valence-electron chi connectivity index (χ0n) is 10.4. The highest BCUT2D eigenvalue weighted by Gasteiger charge is 2.24. The second kappa shape index (κ2) is 4.40. The monoisotopic (exact) mass is 244 g/mol. The number of carbonyl (C=O) groups is 1. The molecule has 1 atom stereocenters. The molecule has 1 aromatic carbocycles. The average molecular weight is 244 g/mol. The predicted octanol–water partition coefficient (Wildman–Crippen LogP) is 1.97. The molecule has 1 N–H and O–H groups in total. The van der Waals surface area contributed by atoms with E-state index in [2.05, 4.69) is 22.3 Å². The van der Waals surface area contributed by atoms with Gasteiger partial charge in [-0.15, -0.1) is 0 Å². The molecule has 5 nitrogen and oxygen atoms in total. The molecule has 3 rings (SSSR count). The highest BCUT2D eigenvalue weighted by Crippen LogP contribution is 2.20. The van der Waals surface area contributed by atoms with Crippen molar-refractivity contribution in [3.8, 4) is 0 Å². The van der Waals surface area contributed by atoms with Crippen molar-refractivity contribution >= 4 is 16.9 Å². The third kappa shape index (κ3) is 1.85. The summed E-state index contributed by atoms with van der Waals surface area (Å²) >= 11 is 0. The third-order valence-corrected chi connectivity index (χ3v) is 3.63. The number of piperidine rings is 1. The fourth-order valence-corrected chi connectivity index (χ4v) is 2.54. The number of carbonyl (C=O) groups excluding carboxylic acids is 1. The number of fused-ring (bicyclic) bond motifs is 1. The van der Waals surface area contributed by atoms with Gasteiger partial charge in [0, 0.05) is 18.2 Å². The number of nitrogens with zero attached hydrogens (tertiary/aromatic N) is 3. The smallest absolute Gasteiger partial charge is 0.254 e. The zero-order valence-corrected chi connectivity index (χ0v) is 10.4. The number of amides is 1. The van der Waals surface area contributed by atoms with Crippen molar-refractivity contribution in [2.24, 2.45) is 0 Å². The van der Waals surface area contributed by atoms with Crippen LogP contribution in [0.5, 0.6) is 0 Å². The van der Waals surface area contributed by atoms with Gasteiger partial charge in [0.05, 0.1) is 0 Å². The number of rotatable bonds is 1. The SMILES string of the molecule is C[C@H]1CCCCN1C(=O)c1ccc2n[nH]nc2c1. The zero-order chi connectivity index (χ0) is 12.5. The van der Waals surface area contributed by atoms with E-state index in [0.717, 1.165) is 30.4 Å². The first-order valence-corrected chi connectivity index (χ1v) is 6.37. The summed E-state index contributed by atoms with van der Waals surface area (Å²) in [6.45, 7) is 2.97. The number of likely N-dealkylation sites (tertiary alicyclic amines) is 1. The van der Waals surface area contributed by atoms with Gasteiger partial charge in [0.15, 0.2) is 0 Å². The molecule has 1 aliphatic rings. The lowest BCUT2D eigenvalue weighted by Crippen LogP contribution is -2.42. The number of benzene rings is 1. The maximum Gasteiger partial charge on any atom is 0.254 e. The molecule has 1 fully saturated rings. The predicted molar refractivity (Wildman–Crippen MR) is 68.2 cm³/mol. The Kier molecular flexibility index (Phi) is 2.74. The number of H-pyrrole nitrogens is 1. The summed E-state index contributed by atoms with van der Waals surface area (Å²) < 4.78 is 0. The Morgan fingerprint density at radius 3 is 3.00 bits per heavy atom. The molecular weight excluding hydrogens is 228 g/mol. The molecule has 5 heteroatoms. The molecule has 2 aromatic rings. The number of aromatic nitrogens is 3. The molecule has 1 aliphatic heterocycles. The Morgan fingerprint density at radius 2 is 2.17 bits per heavy atom. The standard InChI is InChI=1S/C13H16N4O/c1-9-4-2-3-7-17(9)13(18)10-5-6-11-12(8-10)15-16-14-11/h5-6,8-9H,2-4,7H2,1H3,(H,14,15,16)/t9-/m0/s1. The Bertz CT molecular complexity index is 577. The van der Waals surface area contributed by atoms with Gasteiger partial charge in [-0.3, -0.25) is 4.79 Å². The van der Waals surface area contributed by atoms with Crippen LogP contribution in [0.15, 0.2) is 18.2 Å². The van der Waals surface area contributed by atoms with Gasteiger partial charge in [-0.2, -0.15) is 15.4 Å². The van der Waals surface area contributed by atoms with Gasteiger partial charge in [-0.1, -0.05) is 0 Å². The van der Waals surface area contributed by atoms with Crippen LogP contribution in [0.4, 0.5) is 0 Å². The highest BCUT2D eigenvalue weighted by molar-refractivity contribution is 5.97. The van der Waals surface area contributed by atoms with E-state index in [1.54, 1.807) is 0 Å². The van der Waals surface area contributed by atoms with Crippen LogP contribution >= 0.6 is 0 Å². The van der Waals surface area contributed by atoms with Gasteiger partial charge in [-0.25, -0.2) is 0 Å². The van der Waals surface area contributed by atoms with Crippen molar-refractivity contribution < 1.29 is 4.79 Å². The van der Waals surface area contributed by atoms with Crippen molar-refractivity contribution in [2.75, 3.05) is 6.54 Å². The minimum atomic E-state index is 0.104. The fraction of sp³-hybridized carbons (Fsp3) is 0.462. The van der Waals surface area contributed by atoms with Crippen LogP contribution in [0.25, 0.3) is 11.0 Å². The molecule has 0 saturated carbocycles. The number of aromatic amines is 1. The first kappa shape index (κ1) is 11.2. The van der Waals surface area contributed by atoms with E-state index >= 15 is 0 Å². The van der Waals surface area contributed by atoms with Crippen LogP contribution < -0.4 is 0 Å². The van der Waals surface area contributed by atoms with Crippen molar-refractivity contribution in [2.45, 2.75) is 32.2 Å². The molecule has 1 aromatic heterocycles. The molecule has 94 valence electrons. The van der Waals surface area contributed by atoms with Crippen molar-refractivity contribution in [1.29, 1.82) is 0 Å². The summed E-state index contributed by atoms with van der Waals surface area (Å²) in [7, 11) is 0. The highest BCUT2D eigenvalue weighted by atomic mass is 16.2. The number of nitrogens with one attached hydrogen (secondary N) is 1. The van der Waals surface area contributed by atoms with Gasteiger partial charge in [0.1, 0.15) is 11.0 Å². The average Bonchev–Trinajstić information content (AvgIpc) is 2.85. The van der Waals surface area contributed by atoms with Crippen molar-refractivity contribution in [1.82, 2.24) is 20.3 Å². The molecule has 0 aliphatic carbocycles. The Morgan fingerprint density at radius 1 is 1.33 bits per heavy atom. The fourth-order valence-electron chi connectivity index (χ4n) is 2.54. The first-order chi connectivity index (χ1) is 8.75. The summed E-state index contributed by atoms with van der Waals surface area (Å²) in [4.78, 5) is 14.4. The largest absolute Gasteiger partial charge is 0.336 e. The van der Waals surface area contributed by atoms with E-state index in [1.807, 2.05) is 23.1 Å². The van der Waals surface area contributed by atoms with Crippen LogP contribution in [0.3, 0.4) is 0 Å². The molecule has 1 amide bonds. The van der Waals surface area contributed by atoms with Crippen LogP contribution in [0.1, 0.15) is 36.5 Å². The van der Waals surface area contributed by atoms with Gasteiger partial charge in [0.2, 0.25) is 0 Å². The second-order valence-electron chi connectivity index (χ2n) is 4.87. The Hall–Kier alpha value is -1.91. The van der Waals surface area contributed by atoms with E-state index in [4.69, 9.17) is 0 Å². The van der Waals surface area contributed by atoms with Gasteiger partial charge >= 0.3 is 0 Å². The molecule has 0 radical (unpaired) electrons. The molecule has 0 bridgehead atoms. The van der Waals surface area contributed by atoms with Crippen LogP contribution in [-0.2, 0) is 0 Å². The summed E-state index contributed by atoms with van der Waals surface area (Å²) in [5, 5.41) is 10.6. The maximum atomic E-state index is 12.4. The second-order valence-corrected chi connectivity index (χ2v) is 4.87. The van der Waals surface area contributed by atoms with Crippen molar-refractivity contribution in [3.05, 3.63) is 23.8 Å². The minimum Gasteiger partial charge on any atom is -0.336 e. The number of hydrogen-bond donors (Lipinski definition) is 1. The Labute approximate surface area is 105 Å². The van der Waals surface area contributed by atoms with Crippen molar-refractivity contribution in [3.63, 3.8) is 0 Å². The van der Waals surface area contributed by atoms with E-state index in [1.165, 1.54) is 6.42 Å². The van der Waals surface area contributed by atoms with Gasteiger partial charge in [-0.05, 0) is 44.4 Å². The summed E-state index contributed by atoms with van der Waals surface area (Å²) in [5.74, 6) is 0.104. The topological polar surface area (TPSA) is 61.9 Å². The molecule has 1 saturated heterocycles. The lowest BCUT2D eigenvalue weighted by Gasteiger charge is -2.33. The third-order valence-electron chi connectivity index (χ3n) is 3.63. The van der Waals surface area contributed by atoms with Crippen LogP contribution in [0.2, 0.25) is 0 Å². The molecule has 18 heavy (non-hydrogen) atoms. The van der Waals surface area contributed by atoms with E-state index in [9.17, 15) is 4.79 Å². The summed E-state index contributed by atoms with van der Waals surface area (Å²) in [6.07, 6.45) is 3.41. The molecule has 2 heterocycles. The Balaban J connectivity index is 1.90. The summed E-state index contributed by atoms with van der Waals surface area (Å²) in [5.41, 5.74) is 2.23. The normalized spacial score (nSPS) is 20.3. The summed E-state index contributed by atoms with van der Waals surface area (Å²) in [6, 6.07) is 5.80. The maximum absolute atomic E-state index is 12.4. The quantitative estimate of drug-likeness (QED) is 0.834. The minimum absolute atomic E-state index is 0.104. The van der Waals surface area contributed by atoms with Gasteiger partial charge < -0.3 is 4.90 Å².